The summed E-state index contributed by atoms with van der Waals surface area (Å²) in [6.07, 6.45) is 0. The first-order valence-electron chi connectivity index (χ1n) is 19.2. The van der Waals surface area contributed by atoms with E-state index in [4.69, 9.17) is 4.98 Å². The minimum Gasteiger partial charge on any atom is -0.310 e. The zero-order valence-corrected chi connectivity index (χ0v) is 32.5. The van der Waals surface area contributed by atoms with E-state index in [9.17, 15) is 0 Å². The van der Waals surface area contributed by atoms with Crippen LogP contribution in [0.1, 0.15) is 0 Å². The van der Waals surface area contributed by atoms with Crippen LogP contribution in [0.25, 0.3) is 85.1 Å². The Balaban J connectivity index is 0.969. The number of thiophene rings is 1. The quantitative estimate of drug-likeness (QED) is 0.161. The standard InChI is InChI=1S/C53H34N2S2/c1-4-13-37(14-5-1)45-29-27-44(32-47(45)41-21-20-35-12-10-11-17-39(35)30-41)55(42-18-8-3-9-19-42)43-25-22-36(23-26-43)40-24-28-46-48-33-52-49(34-51(48)56-50(46)31-40)54-53(57-52)38-15-6-2-7-16-38/h1-34H. The Bertz CT molecular complexity index is 3220. The fourth-order valence-corrected chi connectivity index (χ4v) is 10.2. The molecule has 0 fully saturated rings. The molecule has 0 aliphatic rings. The zero-order valence-electron chi connectivity index (χ0n) is 30.8. The molecule has 9 aromatic carbocycles. The fourth-order valence-electron chi connectivity index (χ4n) is 8.04. The summed E-state index contributed by atoms with van der Waals surface area (Å²) in [5.74, 6) is 0. The number of aromatic nitrogens is 1. The van der Waals surface area contributed by atoms with Gasteiger partial charge in [0.25, 0.3) is 0 Å². The molecule has 0 N–H and O–H groups in total. The number of para-hydroxylation sites is 1. The first kappa shape index (κ1) is 33.5. The fraction of sp³-hybridized carbons (Fsp3) is 0. The van der Waals surface area contributed by atoms with E-state index in [0.717, 1.165) is 27.6 Å². The maximum absolute atomic E-state index is 5.00. The third kappa shape index (κ3) is 6.16. The smallest absolute Gasteiger partial charge is 0.124 e. The van der Waals surface area contributed by atoms with E-state index in [-0.39, 0.29) is 0 Å². The Morgan fingerprint density at radius 3 is 1.75 bits per heavy atom. The number of thiazole rings is 1. The van der Waals surface area contributed by atoms with E-state index < -0.39 is 0 Å². The van der Waals surface area contributed by atoms with Crippen LogP contribution in [0.15, 0.2) is 206 Å². The highest BCUT2D eigenvalue weighted by Crippen LogP contribution is 2.43. The monoisotopic (exact) mass is 762 g/mol. The molecular formula is C53H34N2S2. The van der Waals surface area contributed by atoms with Gasteiger partial charge in [-0.15, -0.1) is 22.7 Å². The van der Waals surface area contributed by atoms with Gasteiger partial charge in [-0.1, -0.05) is 146 Å². The lowest BCUT2D eigenvalue weighted by atomic mass is 9.92. The van der Waals surface area contributed by atoms with Crippen molar-refractivity contribution in [2.75, 3.05) is 4.90 Å². The second-order valence-electron chi connectivity index (χ2n) is 14.4. The molecule has 0 saturated carbocycles. The Labute approximate surface area is 339 Å². The zero-order chi connectivity index (χ0) is 37.7. The molecule has 11 aromatic rings. The summed E-state index contributed by atoms with van der Waals surface area (Å²) in [7, 11) is 0. The Morgan fingerprint density at radius 2 is 0.965 bits per heavy atom. The maximum Gasteiger partial charge on any atom is 0.124 e. The summed E-state index contributed by atoms with van der Waals surface area (Å²) in [6.45, 7) is 0. The van der Waals surface area contributed by atoms with E-state index in [1.54, 1.807) is 11.3 Å². The predicted molar refractivity (Wildman–Crippen MR) is 246 cm³/mol. The van der Waals surface area contributed by atoms with Crippen LogP contribution in [0.2, 0.25) is 0 Å². The summed E-state index contributed by atoms with van der Waals surface area (Å²) >= 11 is 3.62. The van der Waals surface area contributed by atoms with Gasteiger partial charge in [-0.2, -0.15) is 0 Å². The van der Waals surface area contributed by atoms with Crippen LogP contribution in [-0.2, 0) is 0 Å². The topological polar surface area (TPSA) is 16.1 Å². The summed E-state index contributed by atoms with van der Waals surface area (Å²) in [6, 6.07) is 74.7. The van der Waals surface area contributed by atoms with Crippen molar-refractivity contribution in [2.45, 2.75) is 0 Å². The highest BCUT2D eigenvalue weighted by molar-refractivity contribution is 7.26. The van der Waals surface area contributed by atoms with Gasteiger partial charge in [-0.3, -0.25) is 0 Å². The van der Waals surface area contributed by atoms with E-state index >= 15 is 0 Å². The number of benzene rings is 9. The molecule has 0 saturated heterocycles. The molecule has 2 nitrogen and oxygen atoms in total. The molecule has 0 spiro atoms. The van der Waals surface area contributed by atoms with Gasteiger partial charge in [0.2, 0.25) is 0 Å². The third-order valence-corrected chi connectivity index (χ3v) is 13.1. The molecule has 0 unspecified atom stereocenters. The first-order valence-corrected chi connectivity index (χ1v) is 20.8. The van der Waals surface area contributed by atoms with Crippen LogP contribution in [0.4, 0.5) is 17.1 Å². The second-order valence-corrected chi connectivity index (χ2v) is 16.5. The molecular weight excluding hydrogens is 729 g/mol. The number of hydrogen-bond donors (Lipinski definition) is 0. The minimum absolute atomic E-state index is 1.07. The largest absolute Gasteiger partial charge is 0.310 e. The van der Waals surface area contributed by atoms with Gasteiger partial charge in [0.1, 0.15) is 5.01 Å². The van der Waals surface area contributed by atoms with E-state index in [2.05, 4.69) is 211 Å². The van der Waals surface area contributed by atoms with Crippen molar-refractivity contribution in [1.82, 2.24) is 4.98 Å². The lowest BCUT2D eigenvalue weighted by molar-refractivity contribution is 1.28. The van der Waals surface area contributed by atoms with Crippen molar-refractivity contribution >= 4 is 80.9 Å². The molecule has 0 aliphatic carbocycles. The summed E-state index contributed by atoms with van der Waals surface area (Å²) in [5.41, 5.74) is 12.8. The number of anilines is 3. The van der Waals surface area contributed by atoms with Crippen LogP contribution in [-0.4, -0.2) is 4.98 Å². The Kier molecular flexibility index (Phi) is 8.24. The molecule has 2 aromatic heterocycles. The number of fused-ring (bicyclic) bond motifs is 5. The lowest BCUT2D eigenvalue weighted by Gasteiger charge is -2.27. The van der Waals surface area contributed by atoms with Gasteiger partial charge < -0.3 is 4.90 Å². The van der Waals surface area contributed by atoms with E-state index in [0.29, 0.717) is 0 Å². The van der Waals surface area contributed by atoms with Gasteiger partial charge >= 0.3 is 0 Å². The number of rotatable bonds is 7. The molecule has 0 atom stereocenters. The van der Waals surface area contributed by atoms with Gasteiger partial charge in [0.15, 0.2) is 0 Å². The Hall–Kier alpha value is -6.85. The Morgan fingerprint density at radius 1 is 0.333 bits per heavy atom. The number of nitrogens with zero attached hydrogens (tertiary/aromatic N) is 2. The molecule has 268 valence electrons. The average Bonchev–Trinajstić information content (AvgIpc) is 3.87. The summed E-state index contributed by atoms with van der Waals surface area (Å²) in [4.78, 5) is 7.37. The van der Waals surface area contributed by atoms with Gasteiger partial charge in [-0.05, 0) is 105 Å². The van der Waals surface area contributed by atoms with Gasteiger partial charge in [0.05, 0.1) is 10.2 Å². The molecule has 0 bridgehead atoms. The molecule has 0 radical (unpaired) electrons. The van der Waals surface area contributed by atoms with Crippen LogP contribution in [0.5, 0.6) is 0 Å². The van der Waals surface area contributed by atoms with Crippen molar-refractivity contribution in [2.24, 2.45) is 0 Å². The van der Waals surface area contributed by atoms with Crippen molar-refractivity contribution in [3.63, 3.8) is 0 Å². The average molecular weight is 763 g/mol. The first-order chi connectivity index (χ1) is 28.2. The van der Waals surface area contributed by atoms with E-state index in [1.165, 1.54) is 74.6 Å². The molecule has 0 amide bonds. The van der Waals surface area contributed by atoms with E-state index in [1.807, 2.05) is 11.3 Å². The van der Waals surface area contributed by atoms with Crippen LogP contribution in [0.3, 0.4) is 0 Å². The van der Waals surface area contributed by atoms with Gasteiger partial charge in [0, 0.05) is 42.8 Å². The second kappa shape index (κ2) is 14.0. The van der Waals surface area contributed by atoms with Crippen LogP contribution < -0.4 is 4.90 Å². The highest BCUT2D eigenvalue weighted by Gasteiger charge is 2.18. The van der Waals surface area contributed by atoms with Crippen LogP contribution in [0, 0.1) is 0 Å². The molecule has 57 heavy (non-hydrogen) atoms. The van der Waals surface area contributed by atoms with Crippen molar-refractivity contribution in [3.8, 4) is 44.0 Å². The lowest BCUT2D eigenvalue weighted by Crippen LogP contribution is -2.10. The number of hydrogen-bond acceptors (Lipinski definition) is 4. The third-order valence-electron chi connectivity index (χ3n) is 10.9. The predicted octanol–water partition coefficient (Wildman–Crippen LogP) is 16.0. The van der Waals surface area contributed by atoms with Crippen molar-refractivity contribution in [1.29, 1.82) is 0 Å². The highest BCUT2D eigenvalue weighted by atomic mass is 32.1. The molecule has 11 rings (SSSR count). The van der Waals surface area contributed by atoms with Crippen molar-refractivity contribution in [3.05, 3.63) is 206 Å². The summed E-state index contributed by atoms with van der Waals surface area (Å²) in [5, 5.41) is 6.14. The normalized spacial score (nSPS) is 11.5. The van der Waals surface area contributed by atoms with Gasteiger partial charge in [-0.25, -0.2) is 4.98 Å². The minimum atomic E-state index is 1.07. The maximum atomic E-state index is 5.00. The molecule has 0 aliphatic heterocycles. The summed E-state index contributed by atoms with van der Waals surface area (Å²) < 4.78 is 3.79. The molecule has 4 heteroatoms. The SMILES string of the molecule is c1ccc(-c2nc3cc4sc5cc(-c6ccc(N(c7ccccc7)c7ccc(-c8ccccc8)c(-c8ccc9ccccc9c8)c7)cc6)ccc5c4cc3s2)cc1. The van der Waals surface area contributed by atoms with Crippen LogP contribution >= 0.6 is 22.7 Å². The van der Waals surface area contributed by atoms with Crippen molar-refractivity contribution < 1.29 is 0 Å². The molecule has 2 heterocycles.